The van der Waals surface area contributed by atoms with Gasteiger partial charge in [-0.15, -0.1) is 0 Å². The minimum Gasteiger partial charge on any atom is -0.495 e. The number of anilines is 1. The van der Waals surface area contributed by atoms with E-state index in [2.05, 4.69) is 5.32 Å². The highest BCUT2D eigenvalue weighted by atomic mass is 32.2. The molecule has 1 aliphatic rings. The van der Waals surface area contributed by atoms with Gasteiger partial charge in [0.1, 0.15) is 5.75 Å². The van der Waals surface area contributed by atoms with Crippen LogP contribution in [-0.2, 0) is 20.0 Å². The Balaban J connectivity index is 1.91. The maximum atomic E-state index is 13.0. The van der Waals surface area contributed by atoms with Gasteiger partial charge in [-0.05, 0) is 49.2 Å². The van der Waals surface area contributed by atoms with Crippen molar-refractivity contribution in [3.05, 3.63) is 48.0 Å². The predicted octanol–water partition coefficient (Wildman–Crippen LogP) is 2.76. The average Bonchev–Trinajstić information content (AvgIpc) is 3.35. The number of carbonyl (C=O) groups excluding carboxylic acids is 1. The van der Waals surface area contributed by atoms with E-state index in [9.17, 15) is 21.6 Å². The maximum Gasteiger partial charge on any atom is 0.255 e. The van der Waals surface area contributed by atoms with E-state index in [4.69, 9.17) is 4.74 Å². The van der Waals surface area contributed by atoms with Gasteiger partial charge in [-0.1, -0.05) is 19.9 Å². The number of carbonyl (C=O) groups is 1. The molecule has 0 aliphatic carbocycles. The molecule has 0 saturated carbocycles. The first-order valence-corrected chi connectivity index (χ1v) is 13.6. The number of nitrogens with one attached hydrogen (secondary N) is 1. The minimum atomic E-state index is -3.74. The summed E-state index contributed by atoms with van der Waals surface area (Å²) in [4.78, 5) is 13.0. The Labute approximate surface area is 195 Å². The van der Waals surface area contributed by atoms with Crippen LogP contribution in [0.25, 0.3) is 0 Å². The zero-order valence-electron chi connectivity index (χ0n) is 18.9. The van der Waals surface area contributed by atoms with Gasteiger partial charge in [-0.25, -0.2) is 16.8 Å². The first kappa shape index (κ1) is 25.2. The van der Waals surface area contributed by atoms with Crippen molar-refractivity contribution in [1.29, 1.82) is 0 Å². The van der Waals surface area contributed by atoms with Crippen LogP contribution < -0.4 is 10.1 Å². The Kier molecular flexibility index (Phi) is 7.78. The van der Waals surface area contributed by atoms with E-state index < -0.39 is 26.0 Å². The highest BCUT2D eigenvalue weighted by molar-refractivity contribution is 7.89. The molecule has 9 nitrogen and oxygen atoms in total. The molecule has 0 aromatic heterocycles. The fraction of sp³-hybridized carbons (Fsp3) is 0.409. The Morgan fingerprint density at radius 2 is 1.67 bits per heavy atom. The second-order valence-corrected chi connectivity index (χ2v) is 11.4. The van der Waals surface area contributed by atoms with Crippen molar-refractivity contribution in [2.75, 3.05) is 38.6 Å². The number of hydrogen-bond donors (Lipinski definition) is 1. The van der Waals surface area contributed by atoms with Gasteiger partial charge in [0.25, 0.3) is 5.91 Å². The van der Waals surface area contributed by atoms with Gasteiger partial charge in [0, 0.05) is 31.7 Å². The van der Waals surface area contributed by atoms with Gasteiger partial charge in [0.15, 0.2) is 0 Å². The molecule has 1 saturated heterocycles. The third kappa shape index (κ3) is 5.21. The minimum absolute atomic E-state index is 0.0210. The first-order valence-electron chi connectivity index (χ1n) is 10.7. The summed E-state index contributed by atoms with van der Waals surface area (Å²) >= 11 is 0. The van der Waals surface area contributed by atoms with Crippen molar-refractivity contribution in [3.8, 4) is 5.75 Å². The number of nitrogens with zero attached hydrogens (tertiary/aromatic N) is 2. The molecule has 1 fully saturated rings. The average molecular weight is 496 g/mol. The fourth-order valence-electron chi connectivity index (χ4n) is 3.73. The molecule has 2 aromatic rings. The molecule has 1 N–H and O–H groups in total. The first-order chi connectivity index (χ1) is 15.6. The Bertz CT molecular complexity index is 1220. The van der Waals surface area contributed by atoms with Crippen LogP contribution in [-0.4, -0.2) is 64.6 Å². The largest absolute Gasteiger partial charge is 0.495 e. The van der Waals surface area contributed by atoms with Crippen molar-refractivity contribution in [2.24, 2.45) is 0 Å². The van der Waals surface area contributed by atoms with Crippen molar-refractivity contribution < 1.29 is 26.4 Å². The molecular formula is C22H29N3O6S2. The molecule has 1 amide bonds. The molecule has 11 heteroatoms. The standard InChI is InChI=1S/C22H29N3O6S2/c1-4-24(5-2)32(27,28)19-11-12-21(31-3)20(16-19)23-22(26)17-9-8-10-18(15-17)33(29,30)25-13-6-7-14-25/h8-12,15-16H,4-7,13-14H2,1-3H3,(H,23,26). The summed E-state index contributed by atoms with van der Waals surface area (Å²) in [6.45, 7) is 5.04. The van der Waals surface area contributed by atoms with E-state index >= 15 is 0 Å². The highest BCUT2D eigenvalue weighted by Crippen LogP contribution is 2.30. The van der Waals surface area contributed by atoms with Crippen molar-refractivity contribution in [3.63, 3.8) is 0 Å². The molecule has 0 spiro atoms. The van der Waals surface area contributed by atoms with Crippen LogP contribution in [0.1, 0.15) is 37.0 Å². The molecular weight excluding hydrogens is 466 g/mol. The number of ether oxygens (including phenoxy) is 1. The summed E-state index contributed by atoms with van der Waals surface area (Å²) in [7, 11) is -6.01. The van der Waals surface area contributed by atoms with Crippen LogP contribution in [0.15, 0.2) is 52.3 Å². The van der Waals surface area contributed by atoms with Gasteiger partial charge in [0.05, 0.1) is 22.6 Å². The monoisotopic (exact) mass is 495 g/mol. The molecule has 180 valence electrons. The van der Waals surface area contributed by atoms with Gasteiger partial charge in [-0.3, -0.25) is 4.79 Å². The molecule has 1 heterocycles. The van der Waals surface area contributed by atoms with E-state index in [1.54, 1.807) is 13.8 Å². The van der Waals surface area contributed by atoms with Crippen LogP contribution in [0.4, 0.5) is 5.69 Å². The van der Waals surface area contributed by atoms with Crippen LogP contribution >= 0.6 is 0 Å². The summed E-state index contributed by atoms with van der Waals surface area (Å²) in [5.74, 6) is -0.299. The SMILES string of the molecule is CCN(CC)S(=O)(=O)c1ccc(OC)c(NC(=O)c2cccc(S(=O)(=O)N3CCCC3)c2)c1. The number of benzene rings is 2. The number of rotatable bonds is 9. The summed E-state index contributed by atoms with van der Waals surface area (Å²) in [6, 6.07) is 10.0. The number of amides is 1. The Hall–Kier alpha value is -2.47. The van der Waals surface area contributed by atoms with Crippen LogP contribution in [0.2, 0.25) is 0 Å². The normalized spacial score (nSPS) is 15.0. The smallest absolute Gasteiger partial charge is 0.255 e. The lowest BCUT2D eigenvalue weighted by Gasteiger charge is -2.20. The van der Waals surface area contributed by atoms with Gasteiger partial charge in [-0.2, -0.15) is 8.61 Å². The molecule has 0 bridgehead atoms. The zero-order valence-corrected chi connectivity index (χ0v) is 20.6. The van der Waals surface area contributed by atoms with E-state index in [0.717, 1.165) is 12.8 Å². The number of hydrogen-bond acceptors (Lipinski definition) is 6. The van der Waals surface area contributed by atoms with E-state index in [-0.39, 0.29) is 26.8 Å². The Morgan fingerprint density at radius 3 is 2.27 bits per heavy atom. The molecule has 0 unspecified atom stereocenters. The van der Waals surface area contributed by atoms with E-state index in [0.29, 0.717) is 26.2 Å². The summed E-state index contributed by atoms with van der Waals surface area (Å²) in [5, 5.41) is 2.66. The summed E-state index contributed by atoms with van der Waals surface area (Å²) in [5.41, 5.74) is 0.304. The van der Waals surface area contributed by atoms with Crippen molar-refractivity contribution in [2.45, 2.75) is 36.5 Å². The molecule has 2 aromatic carbocycles. The third-order valence-corrected chi connectivity index (χ3v) is 9.50. The van der Waals surface area contributed by atoms with E-state index in [1.165, 1.54) is 58.2 Å². The third-order valence-electron chi connectivity index (χ3n) is 5.56. The van der Waals surface area contributed by atoms with Crippen LogP contribution in [0, 0.1) is 0 Å². The lowest BCUT2D eigenvalue weighted by molar-refractivity contribution is 0.102. The second-order valence-electron chi connectivity index (χ2n) is 7.54. The van der Waals surface area contributed by atoms with Crippen LogP contribution in [0.5, 0.6) is 5.75 Å². The van der Waals surface area contributed by atoms with Gasteiger partial charge < -0.3 is 10.1 Å². The molecule has 0 atom stereocenters. The summed E-state index contributed by atoms with van der Waals surface area (Å²) in [6.07, 6.45) is 1.62. The molecule has 33 heavy (non-hydrogen) atoms. The molecule has 1 aliphatic heterocycles. The van der Waals surface area contributed by atoms with Crippen LogP contribution in [0.3, 0.4) is 0 Å². The van der Waals surface area contributed by atoms with Gasteiger partial charge >= 0.3 is 0 Å². The van der Waals surface area contributed by atoms with Crippen molar-refractivity contribution >= 4 is 31.6 Å². The number of sulfonamides is 2. The predicted molar refractivity (Wildman–Crippen MR) is 125 cm³/mol. The lowest BCUT2D eigenvalue weighted by atomic mass is 10.2. The quantitative estimate of drug-likeness (QED) is 0.572. The van der Waals surface area contributed by atoms with Crippen molar-refractivity contribution in [1.82, 2.24) is 8.61 Å². The lowest BCUT2D eigenvalue weighted by Crippen LogP contribution is -2.30. The van der Waals surface area contributed by atoms with E-state index in [1.807, 2.05) is 0 Å². The number of methoxy groups -OCH3 is 1. The van der Waals surface area contributed by atoms with Gasteiger partial charge in [0.2, 0.25) is 20.0 Å². The highest BCUT2D eigenvalue weighted by Gasteiger charge is 2.28. The Morgan fingerprint density at radius 1 is 1.00 bits per heavy atom. The maximum absolute atomic E-state index is 13.0. The second kappa shape index (κ2) is 10.2. The topological polar surface area (TPSA) is 113 Å². The fourth-order valence-corrected chi connectivity index (χ4v) is 6.78. The molecule has 0 radical (unpaired) electrons. The summed E-state index contributed by atoms with van der Waals surface area (Å²) < 4.78 is 59.5. The molecule has 3 rings (SSSR count). The zero-order chi connectivity index (χ0) is 24.2.